The van der Waals surface area contributed by atoms with Crippen LogP contribution in [0.15, 0.2) is 72.8 Å². The lowest BCUT2D eigenvalue weighted by Crippen LogP contribution is -2.08. The van der Waals surface area contributed by atoms with E-state index in [4.69, 9.17) is 9.47 Å². The molecule has 0 amide bonds. The van der Waals surface area contributed by atoms with Crippen LogP contribution in [-0.2, 0) is 0 Å². The van der Waals surface area contributed by atoms with Gasteiger partial charge in [-0.05, 0) is 62.4 Å². The van der Waals surface area contributed by atoms with Crippen LogP contribution in [0.5, 0.6) is 17.2 Å². The monoisotopic (exact) mass is 318 g/mol. The number of esters is 1. The Morgan fingerprint density at radius 2 is 1.04 bits per heavy atom. The SMILES string of the molecule is Cc1ccc(OC(=O)c2ccc(Oc3ccc(C)cc3)cc2)cc1. The predicted octanol–water partition coefficient (Wildman–Crippen LogP) is 5.31. The molecule has 0 N–H and O–H groups in total. The molecule has 0 aliphatic rings. The summed E-state index contributed by atoms with van der Waals surface area (Å²) in [6.45, 7) is 4.01. The van der Waals surface area contributed by atoms with Crippen molar-refractivity contribution in [3.05, 3.63) is 89.5 Å². The molecule has 0 aliphatic carbocycles. The fourth-order valence-corrected chi connectivity index (χ4v) is 2.17. The average Bonchev–Trinajstić information content (AvgIpc) is 2.59. The molecule has 0 saturated heterocycles. The van der Waals surface area contributed by atoms with Crippen LogP contribution in [0.1, 0.15) is 21.5 Å². The molecule has 0 unspecified atom stereocenters. The molecular weight excluding hydrogens is 300 g/mol. The summed E-state index contributed by atoms with van der Waals surface area (Å²) in [7, 11) is 0. The third kappa shape index (κ3) is 4.02. The first-order chi connectivity index (χ1) is 11.6. The van der Waals surface area contributed by atoms with Crippen LogP contribution in [0.25, 0.3) is 0 Å². The molecule has 3 aromatic carbocycles. The zero-order valence-electron chi connectivity index (χ0n) is 13.7. The molecule has 0 spiro atoms. The van der Waals surface area contributed by atoms with Gasteiger partial charge in [0.15, 0.2) is 0 Å². The third-order valence-electron chi connectivity index (χ3n) is 3.58. The van der Waals surface area contributed by atoms with Gasteiger partial charge in [0.2, 0.25) is 0 Å². The second kappa shape index (κ2) is 7.01. The van der Waals surface area contributed by atoms with E-state index in [-0.39, 0.29) is 5.97 Å². The first kappa shape index (κ1) is 15.8. The van der Waals surface area contributed by atoms with Crippen LogP contribution in [-0.4, -0.2) is 5.97 Å². The quantitative estimate of drug-likeness (QED) is 0.483. The Morgan fingerprint density at radius 3 is 1.54 bits per heavy atom. The summed E-state index contributed by atoms with van der Waals surface area (Å²) in [6.07, 6.45) is 0. The highest BCUT2D eigenvalue weighted by Gasteiger charge is 2.09. The molecule has 0 radical (unpaired) electrons. The molecular formula is C21H18O3. The third-order valence-corrected chi connectivity index (χ3v) is 3.58. The predicted molar refractivity (Wildman–Crippen MR) is 93.8 cm³/mol. The lowest BCUT2D eigenvalue weighted by molar-refractivity contribution is 0.0734. The molecule has 0 aromatic heterocycles. The minimum Gasteiger partial charge on any atom is -0.457 e. The largest absolute Gasteiger partial charge is 0.457 e. The van der Waals surface area contributed by atoms with E-state index in [9.17, 15) is 4.79 Å². The summed E-state index contributed by atoms with van der Waals surface area (Å²) < 4.78 is 11.1. The molecule has 120 valence electrons. The molecule has 3 rings (SSSR count). The lowest BCUT2D eigenvalue weighted by atomic mass is 10.2. The van der Waals surface area contributed by atoms with Crippen molar-refractivity contribution in [3.63, 3.8) is 0 Å². The van der Waals surface area contributed by atoms with Crippen molar-refractivity contribution >= 4 is 5.97 Å². The standard InChI is InChI=1S/C21H18O3/c1-15-3-9-18(10-4-15)23-19-13-7-17(8-14-19)21(22)24-20-11-5-16(2)6-12-20/h3-14H,1-2H3. The summed E-state index contributed by atoms with van der Waals surface area (Å²) in [5, 5.41) is 0. The fraction of sp³-hybridized carbons (Fsp3) is 0.0952. The number of carbonyl (C=O) groups excluding carboxylic acids is 1. The van der Waals surface area contributed by atoms with Crippen molar-refractivity contribution in [1.82, 2.24) is 0 Å². The molecule has 24 heavy (non-hydrogen) atoms. The highest BCUT2D eigenvalue weighted by atomic mass is 16.5. The van der Waals surface area contributed by atoms with E-state index in [2.05, 4.69) is 0 Å². The molecule has 3 heteroatoms. The number of rotatable bonds is 4. The van der Waals surface area contributed by atoms with Crippen molar-refractivity contribution in [1.29, 1.82) is 0 Å². The van der Waals surface area contributed by atoms with Crippen molar-refractivity contribution in [2.24, 2.45) is 0 Å². The van der Waals surface area contributed by atoms with Crippen LogP contribution in [0.4, 0.5) is 0 Å². The van der Waals surface area contributed by atoms with Gasteiger partial charge >= 0.3 is 5.97 Å². The maximum absolute atomic E-state index is 12.1. The lowest BCUT2D eigenvalue weighted by Gasteiger charge is -2.07. The van der Waals surface area contributed by atoms with E-state index in [1.807, 2.05) is 50.2 Å². The normalized spacial score (nSPS) is 10.2. The van der Waals surface area contributed by atoms with E-state index >= 15 is 0 Å². The highest BCUT2D eigenvalue weighted by molar-refractivity contribution is 5.91. The Balaban J connectivity index is 1.66. The summed E-state index contributed by atoms with van der Waals surface area (Å²) in [4.78, 5) is 12.1. The number of hydrogen-bond donors (Lipinski definition) is 0. The Kier molecular flexibility index (Phi) is 4.62. The molecule has 0 saturated carbocycles. The molecule has 0 heterocycles. The minimum atomic E-state index is -0.388. The number of carbonyl (C=O) groups is 1. The summed E-state index contributed by atoms with van der Waals surface area (Å²) in [5.41, 5.74) is 2.77. The summed E-state index contributed by atoms with van der Waals surface area (Å²) in [6, 6.07) is 22.1. The molecule has 0 fully saturated rings. The van der Waals surface area contributed by atoms with Crippen LogP contribution in [0.2, 0.25) is 0 Å². The minimum absolute atomic E-state index is 0.388. The van der Waals surface area contributed by atoms with Gasteiger partial charge in [0.05, 0.1) is 5.56 Å². The topological polar surface area (TPSA) is 35.5 Å². The summed E-state index contributed by atoms with van der Waals surface area (Å²) in [5.74, 6) is 1.58. The van der Waals surface area contributed by atoms with Gasteiger partial charge in [0.1, 0.15) is 17.2 Å². The van der Waals surface area contributed by atoms with Crippen LogP contribution in [0, 0.1) is 13.8 Å². The zero-order valence-corrected chi connectivity index (χ0v) is 13.7. The van der Waals surface area contributed by atoms with E-state index in [1.54, 1.807) is 36.4 Å². The number of aryl methyl sites for hydroxylation is 2. The van der Waals surface area contributed by atoms with E-state index in [0.717, 1.165) is 11.3 Å². The van der Waals surface area contributed by atoms with Gasteiger partial charge in [0.25, 0.3) is 0 Å². The van der Waals surface area contributed by atoms with Crippen molar-refractivity contribution < 1.29 is 14.3 Å². The maximum atomic E-state index is 12.1. The van der Waals surface area contributed by atoms with Gasteiger partial charge in [-0.1, -0.05) is 35.4 Å². The molecule has 0 bridgehead atoms. The first-order valence-electron chi connectivity index (χ1n) is 7.73. The van der Waals surface area contributed by atoms with E-state index in [1.165, 1.54) is 5.56 Å². The molecule has 3 aromatic rings. The van der Waals surface area contributed by atoms with Gasteiger partial charge in [0, 0.05) is 0 Å². The maximum Gasteiger partial charge on any atom is 0.343 e. The number of hydrogen-bond acceptors (Lipinski definition) is 3. The second-order valence-corrected chi connectivity index (χ2v) is 5.64. The van der Waals surface area contributed by atoms with Gasteiger partial charge in [-0.3, -0.25) is 0 Å². The first-order valence-corrected chi connectivity index (χ1v) is 7.73. The van der Waals surface area contributed by atoms with Crippen LogP contribution in [0.3, 0.4) is 0 Å². The van der Waals surface area contributed by atoms with Crippen molar-refractivity contribution in [3.8, 4) is 17.2 Å². The Hall–Kier alpha value is -3.07. The van der Waals surface area contributed by atoms with Gasteiger partial charge in [-0.2, -0.15) is 0 Å². The van der Waals surface area contributed by atoms with Gasteiger partial charge in [-0.25, -0.2) is 4.79 Å². The number of ether oxygens (including phenoxy) is 2. The van der Waals surface area contributed by atoms with Crippen molar-refractivity contribution in [2.75, 3.05) is 0 Å². The molecule has 3 nitrogen and oxygen atoms in total. The second-order valence-electron chi connectivity index (χ2n) is 5.64. The Morgan fingerprint density at radius 1 is 0.625 bits per heavy atom. The molecule has 0 atom stereocenters. The fourth-order valence-electron chi connectivity index (χ4n) is 2.17. The smallest absolute Gasteiger partial charge is 0.343 e. The Bertz CT molecular complexity index is 816. The zero-order chi connectivity index (χ0) is 16.9. The van der Waals surface area contributed by atoms with Gasteiger partial charge in [-0.15, -0.1) is 0 Å². The average molecular weight is 318 g/mol. The summed E-state index contributed by atoms with van der Waals surface area (Å²) >= 11 is 0. The van der Waals surface area contributed by atoms with Gasteiger partial charge < -0.3 is 9.47 Å². The Labute approximate surface area is 141 Å². The highest BCUT2D eigenvalue weighted by Crippen LogP contribution is 2.22. The number of benzene rings is 3. The van der Waals surface area contributed by atoms with E-state index in [0.29, 0.717) is 17.1 Å². The van der Waals surface area contributed by atoms with Crippen LogP contribution < -0.4 is 9.47 Å². The van der Waals surface area contributed by atoms with E-state index < -0.39 is 0 Å². The van der Waals surface area contributed by atoms with Crippen molar-refractivity contribution in [2.45, 2.75) is 13.8 Å². The van der Waals surface area contributed by atoms with Crippen LogP contribution >= 0.6 is 0 Å². The molecule has 0 aliphatic heterocycles.